The van der Waals surface area contributed by atoms with Gasteiger partial charge in [-0.05, 0) is 49.8 Å². The maximum atomic E-state index is 13.1. The summed E-state index contributed by atoms with van der Waals surface area (Å²) >= 11 is 6.22. The predicted octanol–water partition coefficient (Wildman–Crippen LogP) is 3.91. The fourth-order valence-electron chi connectivity index (χ4n) is 2.83. The van der Waals surface area contributed by atoms with Crippen LogP contribution in [0.25, 0.3) is 0 Å². The first-order valence-electron chi connectivity index (χ1n) is 7.84. The van der Waals surface area contributed by atoms with Crippen LogP contribution >= 0.6 is 11.6 Å². The summed E-state index contributed by atoms with van der Waals surface area (Å²) in [6, 6.07) is 12.0. The van der Waals surface area contributed by atoms with Crippen LogP contribution in [0.1, 0.15) is 21.5 Å². The van der Waals surface area contributed by atoms with Crippen molar-refractivity contribution in [2.45, 2.75) is 19.9 Å². The van der Waals surface area contributed by atoms with Gasteiger partial charge in [0.15, 0.2) is 9.84 Å². The maximum absolute atomic E-state index is 13.1. The van der Waals surface area contributed by atoms with E-state index < -0.39 is 15.9 Å². The van der Waals surface area contributed by atoms with E-state index in [1.807, 2.05) is 32.0 Å². The van der Waals surface area contributed by atoms with Crippen molar-refractivity contribution in [2.24, 2.45) is 0 Å². The molecule has 3 rings (SSSR count). The predicted molar refractivity (Wildman–Crippen MR) is 101 cm³/mol. The molecule has 25 heavy (non-hydrogen) atoms. The van der Waals surface area contributed by atoms with Crippen molar-refractivity contribution >= 4 is 33.0 Å². The number of benzene rings is 2. The first-order chi connectivity index (χ1) is 11.8. The average Bonchev–Trinajstić information content (AvgIpc) is 2.90. The summed E-state index contributed by atoms with van der Waals surface area (Å²) in [5.74, 6) is -0.383. The molecule has 2 aromatic rings. The molecule has 0 aliphatic carbocycles. The van der Waals surface area contributed by atoms with Crippen LogP contribution < -0.4 is 4.90 Å². The van der Waals surface area contributed by atoms with Crippen LogP contribution in [-0.4, -0.2) is 26.1 Å². The number of rotatable bonds is 3. The number of sulfone groups is 1. The highest BCUT2D eigenvalue weighted by molar-refractivity contribution is 7.94. The van der Waals surface area contributed by atoms with Gasteiger partial charge in [0.05, 0.1) is 11.8 Å². The van der Waals surface area contributed by atoms with Gasteiger partial charge in [-0.2, -0.15) is 0 Å². The summed E-state index contributed by atoms with van der Waals surface area (Å²) in [4.78, 5) is 14.6. The molecule has 4 nitrogen and oxygen atoms in total. The standard InChI is InChI=1S/C19H18ClNO3S/c1-13-4-3-5-15(10-13)19(22)21(17-8-9-25(23,24)12-17)16-7-6-14(2)18(20)11-16/h3-11,17H,12H2,1-2H3/t17-/m1/s1. The lowest BCUT2D eigenvalue weighted by atomic mass is 10.1. The van der Waals surface area contributed by atoms with Crippen molar-refractivity contribution in [3.05, 3.63) is 75.7 Å². The number of hydrogen-bond donors (Lipinski definition) is 0. The third-order valence-electron chi connectivity index (χ3n) is 4.16. The van der Waals surface area contributed by atoms with Crippen molar-refractivity contribution < 1.29 is 13.2 Å². The molecule has 6 heteroatoms. The monoisotopic (exact) mass is 375 g/mol. The largest absolute Gasteiger partial charge is 0.300 e. The number of nitrogens with zero attached hydrogens (tertiary/aromatic N) is 1. The van der Waals surface area contributed by atoms with Gasteiger partial charge in [0, 0.05) is 21.7 Å². The first kappa shape index (κ1) is 17.7. The number of halogens is 1. The van der Waals surface area contributed by atoms with Crippen molar-refractivity contribution in [3.8, 4) is 0 Å². The maximum Gasteiger partial charge on any atom is 0.258 e. The summed E-state index contributed by atoms with van der Waals surface area (Å²) in [6.07, 6.45) is 1.55. The second kappa shape index (κ2) is 6.65. The van der Waals surface area contributed by atoms with E-state index in [9.17, 15) is 13.2 Å². The van der Waals surface area contributed by atoms with E-state index in [0.717, 1.165) is 11.1 Å². The molecule has 1 heterocycles. The van der Waals surface area contributed by atoms with Gasteiger partial charge in [-0.1, -0.05) is 35.4 Å². The normalized spacial score (nSPS) is 18.3. The topological polar surface area (TPSA) is 54.5 Å². The SMILES string of the molecule is Cc1cccc(C(=O)N(c2ccc(C)c(Cl)c2)[C@@H]2C=CS(=O)(=O)C2)c1. The minimum absolute atomic E-state index is 0.129. The number of carbonyl (C=O) groups is 1. The van der Waals surface area contributed by atoms with E-state index in [-0.39, 0.29) is 11.7 Å². The second-order valence-corrected chi connectivity index (χ2v) is 8.54. The zero-order chi connectivity index (χ0) is 18.2. The molecule has 0 saturated carbocycles. The van der Waals surface area contributed by atoms with Crippen molar-refractivity contribution in [1.29, 1.82) is 0 Å². The van der Waals surface area contributed by atoms with Gasteiger partial charge in [-0.3, -0.25) is 4.79 Å². The molecule has 0 aromatic heterocycles. The van der Waals surface area contributed by atoms with E-state index in [2.05, 4.69) is 0 Å². The minimum Gasteiger partial charge on any atom is -0.300 e. The lowest BCUT2D eigenvalue weighted by Gasteiger charge is -2.28. The van der Waals surface area contributed by atoms with E-state index >= 15 is 0 Å². The van der Waals surface area contributed by atoms with Crippen LogP contribution in [0.4, 0.5) is 5.69 Å². The minimum atomic E-state index is -3.30. The van der Waals surface area contributed by atoms with Gasteiger partial charge in [0.2, 0.25) is 0 Å². The molecule has 0 radical (unpaired) electrons. The Balaban J connectivity index is 2.07. The van der Waals surface area contributed by atoms with Crippen molar-refractivity contribution in [2.75, 3.05) is 10.7 Å². The molecule has 0 fully saturated rings. The Labute approximate surface area is 152 Å². The molecule has 0 N–H and O–H groups in total. The van der Waals surface area contributed by atoms with Gasteiger partial charge in [0.25, 0.3) is 5.91 Å². The van der Waals surface area contributed by atoms with Gasteiger partial charge >= 0.3 is 0 Å². The van der Waals surface area contributed by atoms with Crippen LogP contribution in [-0.2, 0) is 9.84 Å². The Morgan fingerprint density at radius 1 is 1.16 bits per heavy atom. The van der Waals surface area contributed by atoms with Crippen molar-refractivity contribution in [3.63, 3.8) is 0 Å². The molecule has 1 amide bonds. The fourth-order valence-corrected chi connectivity index (χ4v) is 4.27. The average molecular weight is 376 g/mol. The molecule has 0 saturated heterocycles. The Bertz CT molecular complexity index is 966. The molecule has 0 unspecified atom stereocenters. The van der Waals surface area contributed by atoms with Gasteiger partial charge in [-0.25, -0.2) is 8.42 Å². The van der Waals surface area contributed by atoms with Gasteiger partial charge in [0.1, 0.15) is 0 Å². The Kier molecular flexibility index (Phi) is 4.71. The number of anilines is 1. The quantitative estimate of drug-likeness (QED) is 0.817. The fraction of sp³-hybridized carbons (Fsp3) is 0.211. The summed E-state index contributed by atoms with van der Waals surface area (Å²) in [6.45, 7) is 3.78. The Morgan fingerprint density at radius 2 is 1.92 bits per heavy atom. The second-order valence-electron chi connectivity index (χ2n) is 6.20. The van der Waals surface area contributed by atoms with Crippen LogP contribution in [0.5, 0.6) is 0 Å². The molecule has 1 aliphatic heterocycles. The lowest BCUT2D eigenvalue weighted by Crippen LogP contribution is -2.41. The molecule has 2 aromatic carbocycles. The smallest absolute Gasteiger partial charge is 0.258 e. The highest BCUT2D eigenvalue weighted by Gasteiger charge is 2.32. The first-order valence-corrected chi connectivity index (χ1v) is 9.93. The zero-order valence-corrected chi connectivity index (χ0v) is 15.5. The highest BCUT2D eigenvalue weighted by Crippen LogP contribution is 2.29. The molecular weight excluding hydrogens is 358 g/mol. The number of hydrogen-bond acceptors (Lipinski definition) is 3. The molecule has 0 spiro atoms. The van der Waals surface area contributed by atoms with E-state index in [1.54, 1.807) is 30.3 Å². The third kappa shape index (κ3) is 3.78. The molecular formula is C19H18ClNO3S. The lowest BCUT2D eigenvalue weighted by molar-refractivity contribution is 0.0983. The summed E-state index contributed by atoms with van der Waals surface area (Å²) < 4.78 is 23.7. The van der Waals surface area contributed by atoms with Crippen LogP contribution in [0.2, 0.25) is 5.02 Å². The number of amides is 1. The van der Waals surface area contributed by atoms with Crippen LogP contribution in [0, 0.1) is 13.8 Å². The molecule has 1 aliphatic rings. The van der Waals surface area contributed by atoms with E-state index in [4.69, 9.17) is 11.6 Å². The molecule has 1 atom stereocenters. The number of carbonyl (C=O) groups excluding carboxylic acids is 1. The van der Waals surface area contributed by atoms with Crippen LogP contribution in [0.15, 0.2) is 53.9 Å². The highest BCUT2D eigenvalue weighted by atomic mass is 35.5. The summed E-state index contributed by atoms with van der Waals surface area (Å²) in [5, 5.41) is 1.70. The summed E-state index contributed by atoms with van der Waals surface area (Å²) in [7, 11) is -3.30. The van der Waals surface area contributed by atoms with Gasteiger partial charge < -0.3 is 4.90 Å². The van der Waals surface area contributed by atoms with E-state index in [1.165, 1.54) is 10.3 Å². The third-order valence-corrected chi connectivity index (χ3v) is 5.95. The zero-order valence-electron chi connectivity index (χ0n) is 13.9. The number of aryl methyl sites for hydroxylation is 2. The molecule has 0 bridgehead atoms. The molecule has 130 valence electrons. The summed E-state index contributed by atoms with van der Waals surface area (Å²) in [5.41, 5.74) is 2.94. The Hall–Kier alpha value is -2.11. The Morgan fingerprint density at radius 3 is 2.52 bits per heavy atom. The van der Waals surface area contributed by atoms with Crippen molar-refractivity contribution in [1.82, 2.24) is 0 Å². The van der Waals surface area contributed by atoms with E-state index in [0.29, 0.717) is 16.3 Å². The van der Waals surface area contributed by atoms with Gasteiger partial charge in [-0.15, -0.1) is 0 Å². The van der Waals surface area contributed by atoms with Crippen LogP contribution in [0.3, 0.4) is 0 Å².